The van der Waals surface area contributed by atoms with Crippen molar-refractivity contribution in [3.05, 3.63) is 89.7 Å². The van der Waals surface area contributed by atoms with E-state index >= 15 is 0 Å². The van der Waals surface area contributed by atoms with Crippen molar-refractivity contribution in [3.8, 4) is 11.5 Å². The van der Waals surface area contributed by atoms with E-state index in [1.165, 1.54) is 0 Å². The average Bonchev–Trinajstić information content (AvgIpc) is 3.35. The van der Waals surface area contributed by atoms with Crippen molar-refractivity contribution in [1.29, 1.82) is 0 Å². The average molecular weight is 470 g/mol. The standard InChI is InChI=1S/C28H27N3O4/c1-33-25-12-11-21(18-26(25)35-19-20-7-3-2-4-8-20)17-22(28(32)31-13-15-34-16-14-31)27-29-23-9-5-6-10-24(23)30-27/h2-12,17-18H,13-16,19H2,1H3,(H,29,30). The molecule has 7 heteroatoms. The van der Waals surface area contributed by atoms with Crippen molar-refractivity contribution in [2.75, 3.05) is 33.4 Å². The summed E-state index contributed by atoms with van der Waals surface area (Å²) >= 11 is 0. The van der Waals surface area contributed by atoms with Gasteiger partial charge in [0.2, 0.25) is 0 Å². The molecule has 7 nitrogen and oxygen atoms in total. The molecule has 1 amide bonds. The van der Waals surface area contributed by atoms with Crippen LogP contribution in [0, 0.1) is 0 Å². The summed E-state index contributed by atoms with van der Waals surface area (Å²) in [4.78, 5) is 23.4. The van der Waals surface area contributed by atoms with Crippen LogP contribution in [0.25, 0.3) is 22.7 Å². The number of ether oxygens (including phenoxy) is 3. The number of rotatable bonds is 7. The van der Waals surface area contributed by atoms with Gasteiger partial charge in [0, 0.05) is 13.1 Å². The number of amides is 1. The van der Waals surface area contributed by atoms with E-state index in [-0.39, 0.29) is 5.91 Å². The number of aromatic nitrogens is 2. The van der Waals surface area contributed by atoms with Gasteiger partial charge in [-0.2, -0.15) is 0 Å². The summed E-state index contributed by atoms with van der Waals surface area (Å²) in [6.07, 6.45) is 1.85. The number of para-hydroxylation sites is 2. The number of imidazole rings is 1. The fraction of sp³-hybridized carbons (Fsp3) is 0.214. The highest BCUT2D eigenvalue weighted by atomic mass is 16.5. The van der Waals surface area contributed by atoms with Gasteiger partial charge in [-0.1, -0.05) is 48.5 Å². The predicted molar refractivity (Wildman–Crippen MR) is 135 cm³/mol. The Morgan fingerprint density at radius 1 is 1.03 bits per heavy atom. The van der Waals surface area contributed by atoms with Crippen LogP contribution in [-0.4, -0.2) is 54.2 Å². The Kier molecular flexibility index (Phi) is 6.77. The molecule has 0 bridgehead atoms. The molecule has 0 unspecified atom stereocenters. The van der Waals surface area contributed by atoms with Crippen molar-refractivity contribution in [3.63, 3.8) is 0 Å². The van der Waals surface area contributed by atoms with Crippen molar-refractivity contribution >= 4 is 28.6 Å². The molecule has 1 N–H and O–H groups in total. The Morgan fingerprint density at radius 2 is 1.80 bits per heavy atom. The number of morpholine rings is 1. The zero-order valence-electron chi connectivity index (χ0n) is 19.6. The van der Waals surface area contributed by atoms with Gasteiger partial charge in [0.05, 0.1) is 36.9 Å². The third kappa shape index (κ3) is 5.20. The van der Waals surface area contributed by atoms with Gasteiger partial charge < -0.3 is 24.1 Å². The highest BCUT2D eigenvalue weighted by Gasteiger charge is 2.24. The number of fused-ring (bicyclic) bond motifs is 1. The summed E-state index contributed by atoms with van der Waals surface area (Å²) in [5.74, 6) is 1.68. The highest BCUT2D eigenvalue weighted by Crippen LogP contribution is 2.31. The van der Waals surface area contributed by atoms with Crippen LogP contribution in [0.2, 0.25) is 0 Å². The van der Waals surface area contributed by atoms with E-state index in [4.69, 9.17) is 19.2 Å². The molecule has 1 fully saturated rings. The SMILES string of the molecule is COc1ccc(C=C(C(=O)N2CCOCC2)c2nc3ccccc3[nH]2)cc1OCc1ccccc1. The molecule has 3 aromatic carbocycles. The first-order valence-electron chi connectivity index (χ1n) is 11.6. The number of carbonyl (C=O) groups is 1. The molecular weight excluding hydrogens is 442 g/mol. The van der Waals surface area contributed by atoms with Crippen LogP contribution in [-0.2, 0) is 16.1 Å². The molecule has 0 saturated carbocycles. The number of methoxy groups -OCH3 is 1. The minimum atomic E-state index is -0.0880. The number of carbonyl (C=O) groups excluding carboxylic acids is 1. The van der Waals surface area contributed by atoms with Crippen LogP contribution in [0.4, 0.5) is 0 Å². The number of aromatic amines is 1. The minimum absolute atomic E-state index is 0.0880. The minimum Gasteiger partial charge on any atom is -0.493 e. The first-order valence-corrected chi connectivity index (χ1v) is 11.6. The molecule has 0 spiro atoms. The summed E-state index contributed by atoms with van der Waals surface area (Å²) in [5.41, 5.74) is 4.05. The second-order valence-electron chi connectivity index (χ2n) is 8.25. The van der Waals surface area contributed by atoms with Crippen LogP contribution in [0.3, 0.4) is 0 Å². The van der Waals surface area contributed by atoms with E-state index in [1.807, 2.05) is 78.9 Å². The van der Waals surface area contributed by atoms with Crippen LogP contribution < -0.4 is 9.47 Å². The van der Waals surface area contributed by atoms with Crippen molar-refractivity contribution in [2.24, 2.45) is 0 Å². The van der Waals surface area contributed by atoms with E-state index in [9.17, 15) is 4.79 Å². The van der Waals surface area contributed by atoms with Crippen LogP contribution in [0.5, 0.6) is 11.5 Å². The molecule has 4 aromatic rings. The van der Waals surface area contributed by atoms with Crippen LogP contribution in [0.1, 0.15) is 17.0 Å². The number of nitrogens with one attached hydrogen (secondary N) is 1. The Morgan fingerprint density at radius 3 is 2.57 bits per heavy atom. The maximum absolute atomic E-state index is 13.6. The highest BCUT2D eigenvalue weighted by molar-refractivity contribution is 6.23. The Balaban J connectivity index is 1.51. The third-order valence-corrected chi connectivity index (χ3v) is 5.91. The fourth-order valence-corrected chi connectivity index (χ4v) is 4.05. The Hall–Kier alpha value is -4.10. The van der Waals surface area contributed by atoms with Gasteiger partial charge in [-0.25, -0.2) is 4.98 Å². The Labute approximate surface area is 204 Å². The van der Waals surface area contributed by atoms with E-state index in [0.717, 1.165) is 22.2 Å². The summed E-state index contributed by atoms with van der Waals surface area (Å²) < 4.78 is 17.0. The lowest BCUT2D eigenvalue weighted by Gasteiger charge is -2.27. The van der Waals surface area contributed by atoms with Gasteiger partial charge in [-0.05, 0) is 41.5 Å². The largest absolute Gasteiger partial charge is 0.493 e. The fourth-order valence-electron chi connectivity index (χ4n) is 4.05. The monoisotopic (exact) mass is 469 g/mol. The molecule has 5 rings (SSSR count). The van der Waals surface area contributed by atoms with E-state index in [0.29, 0.717) is 55.8 Å². The third-order valence-electron chi connectivity index (χ3n) is 5.91. The van der Waals surface area contributed by atoms with Gasteiger partial charge in [-0.3, -0.25) is 4.79 Å². The second-order valence-corrected chi connectivity index (χ2v) is 8.25. The first-order chi connectivity index (χ1) is 17.2. The first kappa shape index (κ1) is 22.7. The maximum atomic E-state index is 13.6. The van der Waals surface area contributed by atoms with Crippen LogP contribution >= 0.6 is 0 Å². The molecule has 0 aliphatic carbocycles. The number of benzene rings is 3. The quantitative estimate of drug-likeness (QED) is 0.402. The summed E-state index contributed by atoms with van der Waals surface area (Å²) in [6.45, 7) is 2.56. The molecule has 0 radical (unpaired) electrons. The number of hydrogen-bond donors (Lipinski definition) is 1. The number of nitrogens with zero attached hydrogens (tertiary/aromatic N) is 2. The van der Waals surface area contributed by atoms with E-state index in [1.54, 1.807) is 12.0 Å². The lowest BCUT2D eigenvalue weighted by Crippen LogP contribution is -2.41. The molecule has 178 valence electrons. The van der Waals surface area contributed by atoms with E-state index < -0.39 is 0 Å². The topological polar surface area (TPSA) is 76.7 Å². The molecule has 1 saturated heterocycles. The molecule has 1 aliphatic heterocycles. The van der Waals surface area contributed by atoms with Gasteiger partial charge in [0.1, 0.15) is 12.4 Å². The molecule has 1 aliphatic rings. The van der Waals surface area contributed by atoms with Gasteiger partial charge in [0.15, 0.2) is 11.5 Å². The molecule has 0 atom stereocenters. The lowest BCUT2D eigenvalue weighted by molar-refractivity contribution is -0.128. The summed E-state index contributed by atoms with van der Waals surface area (Å²) in [6, 6.07) is 23.3. The molecule has 1 aromatic heterocycles. The van der Waals surface area contributed by atoms with Crippen molar-refractivity contribution < 1.29 is 19.0 Å². The lowest BCUT2D eigenvalue weighted by atomic mass is 10.1. The van der Waals surface area contributed by atoms with Crippen molar-refractivity contribution in [1.82, 2.24) is 14.9 Å². The van der Waals surface area contributed by atoms with Gasteiger partial charge in [0.25, 0.3) is 5.91 Å². The van der Waals surface area contributed by atoms with Crippen molar-refractivity contribution in [2.45, 2.75) is 6.61 Å². The molecule has 2 heterocycles. The van der Waals surface area contributed by atoms with Gasteiger partial charge in [-0.15, -0.1) is 0 Å². The van der Waals surface area contributed by atoms with Crippen LogP contribution in [0.15, 0.2) is 72.8 Å². The predicted octanol–water partition coefficient (Wildman–Crippen LogP) is 4.55. The maximum Gasteiger partial charge on any atom is 0.257 e. The summed E-state index contributed by atoms with van der Waals surface area (Å²) in [5, 5.41) is 0. The number of H-pyrrole nitrogens is 1. The van der Waals surface area contributed by atoms with Gasteiger partial charge >= 0.3 is 0 Å². The Bertz CT molecular complexity index is 1310. The smallest absolute Gasteiger partial charge is 0.257 e. The zero-order chi connectivity index (χ0) is 24.0. The summed E-state index contributed by atoms with van der Waals surface area (Å²) in [7, 11) is 1.61. The zero-order valence-corrected chi connectivity index (χ0v) is 19.6. The normalized spacial score (nSPS) is 14.2. The second kappa shape index (κ2) is 10.4. The molecule has 35 heavy (non-hydrogen) atoms. The molecular formula is C28H27N3O4. The van der Waals surface area contributed by atoms with E-state index in [2.05, 4.69) is 4.98 Å². The number of hydrogen-bond acceptors (Lipinski definition) is 5.